The minimum Gasteiger partial charge on any atom is -0.399 e. The molecule has 1 heterocycles. The van der Waals surface area contributed by atoms with E-state index < -0.39 is 0 Å². The summed E-state index contributed by atoms with van der Waals surface area (Å²) in [6, 6.07) is 10.2. The molecule has 0 aliphatic rings. The second-order valence-corrected chi connectivity index (χ2v) is 6.00. The number of rotatable bonds is 2. The highest BCUT2D eigenvalue weighted by Gasteiger charge is 2.07. The number of aromatic nitrogens is 2. The molecule has 0 saturated heterocycles. The number of nitrogens with two attached hydrogens (primary N) is 1. The van der Waals surface area contributed by atoms with Crippen molar-refractivity contribution in [1.29, 1.82) is 0 Å². The van der Waals surface area contributed by atoms with Crippen molar-refractivity contribution in [2.45, 2.75) is 20.4 Å². The quantitative estimate of drug-likeness (QED) is 0.721. The van der Waals surface area contributed by atoms with Gasteiger partial charge in [-0.25, -0.2) is 4.98 Å². The fourth-order valence-electron chi connectivity index (χ4n) is 2.31. The Morgan fingerprint density at radius 3 is 2.65 bits per heavy atom. The summed E-state index contributed by atoms with van der Waals surface area (Å²) in [4.78, 5) is 4.49. The monoisotopic (exact) mass is 329 g/mol. The molecule has 102 valence electrons. The highest BCUT2D eigenvalue weighted by atomic mass is 79.9. The van der Waals surface area contributed by atoms with Crippen molar-refractivity contribution in [2.75, 3.05) is 5.73 Å². The number of hydrogen-bond acceptors (Lipinski definition) is 2. The first kappa shape index (κ1) is 13.2. The summed E-state index contributed by atoms with van der Waals surface area (Å²) in [6.07, 6.45) is 1.90. The van der Waals surface area contributed by atoms with Crippen LogP contribution in [-0.2, 0) is 6.54 Å². The summed E-state index contributed by atoms with van der Waals surface area (Å²) in [5, 5.41) is 0. The van der Waals surface area contributed by atoms with Gasteiger partial charge in [0.05, 0.1) is 23.9 Å². The minimum atomic E-state index is 0.766. The fourth-order valence-corrected chi connectivity index (χ4v) is 2.84. The van der Waals surface area contributed by atoms with Gasteiger partial charge in [0.2, 0.25) is 0 Å². The van der Waals surface area contributed by atoms with Crippen LogP contribution in [0, 0.1) is 13.8 Å². The number of imidazole rings is 1. The van der Waals surface area contributed by atoms with Crippen molar-refractivity contribution in [2.24, 2.45) is 0 Å². The highest BCUT2D eigenvalue weighted by Crippen LogP contribution is 2.23. The molecule has 0 aliphatic heterocycles. The molecule has 0 fully saturated rings. The van der Waals surface area contributed by atoms with E-state index in [1.165, 1.54) is 16.7 Å². The van der Waals surface area contributed by atoms with Crippen LogP contribution >= 0.6 is 15.9 Å². The molecular weight excluding hydrogens is 314 g/mol. The van der Waals surface area contributed by atoms with Crippen LogP contribution in [0.3, 0.4) is 0 Å². The molecule has 2 aromatic carbocycles. The Bertz CT molecular complexity index is 790. The number of aryl methyl sites for hydroxylation is 2. The van der Waals surface area contributed by atoms with Crippen LogP contribution in [0.15, 0.2) is 41.1 Å². The molecule has 4 heteroatoms. The Balaban J connectivity index is 2.04. The van der Waals surface area contributed by atoms with E-state index in [4.69, 9.17) is 5.73 Å². The van der Waals surface area contributed by atoms with E-state index in [9.17, 15) is 0 Å². The maximum Gasteiger partial charge on any atom is 0.0961 e. The van der Waals surface area contributed by atoms with Gasteiger partial charge in [-0.1, -0.05) is 22.0 Å². The van der Waals surface area contributed by atoms with Crippen molar-refractivity contribution in [3.05, 3.63) is 57.8 Å². The average Bonchev–Trinajstić information content (AvgIpc) is 2.76. The Hall–Kier alpha value is -1.81. The number of anilines is 1. The van der Waals surface area contributed by atoms with Gasteiger partial charge in [-0.2, -0.15) is 0 Å². The third kappa shape index (κ3) is 2.31. The molecule has 3 nitrogen and oxygen atoms in total. The first-order valence-corrected chi connectivity index (χ1v) is 7.30. The standard InChI is InChI=1S/C16H16BrN3/c1-10-5-15-16(6-11(10)2)20(9-19-15)8-12-3-4-13(18)7-14(12)17/h3-7,9H,8,18H2,1-2H3. The van der Waals surface area contributed by atoms with Gasteiger partial charge in [-0.3, -0.25) is 0 Å². The summed E-state index contributed by atoms with van der Waals surface area (Å²) in [5.74, 6) is 0. The van der Waals surface area contributed by atoms with E-state index in [1.807, 2.05) is 24.5 Å². The smallest absolute Gasteiger partial charge is 0.0961 e. The predicted octanol–water partition coefficient (Wildman–Crippen LogP) is 4.05. The van der Waals surface area contributed by atoms with Gasteiger partial charge in [0, 0.05) is 10.2 Å². The van der Waals surface area contributed by atoms with E-state index in [2.05, 4.69) is 51.5 Å². The van der Waals surface area contributed by atoms with Crippen molar-refractivity contribution in [1.82, 2.24) is 9.55 Å². The van der Waals surface area contributed by atoms with Crippen LogP contribution < -0.4 is 5.73 Å². The topological polar surface area (TPSA) is 43.8 Å². The van der Waals surface area contributed by atoms with E-state index in [1.54, 1.807) is 0 Å². The largest absolute Gasteiger partial charge is 0.399 e. The van der Waals surface area contributed by atoms with Gasteiger partial charge in [0.25, 0.3) is 0 Å². The van der Waals surface area contributed by atoms with E-state index in [-0.39, 0.29) is 0 Å². The normalized spacial score (nSPS) is 11.2. The maximum absolute atomic E-state index is 5.78. The van der Waals surface area contributed by atoms with Crippen molar-refractivity contribution < 1.29 is 0 Å². The third-order valence-corrected chi connectivity index (χ3v) is 4.39. The summed E-state index contributed by atoms with van der Waals surface area (Å²) >= 11 is 3.57. The third-order valence-electron chi connectivity index (χ3n) is 3.65. The summed E-state index contributed by atoms with van der Waals surface area (Å²) in [7, 11) is 0. The molecule has 0 atom stereocenters. The number of fused-ring (bicyclic) bond motifs is 1. The Kier molecular flexibility index (Phi) is 3.26. The van der Waals surface area contributed by atoms with E-state index in [0.29, 0.717) is 0 Å². The first-order valence-electron chi connectivity index (χ1n) is 6.50. The Morgan fingerprint density at radius 1 is 1.15 bits per heavy atom. The minimum absolute atomic E-state index is 0.766. The molecule has 1 aromatic heterocycles. The molecular formula is C16H16BrN3. The molecule has 3 aromatic rings. The van der Waals surface area contributed by atoms with E-state index >= 15 is 0 Å². The zero-order chi connectivity index (χ0) is 14.3. The van der Waals surface area contributed by atoms with Gasteiger partial charge < -0.3 is 10.3 Å². The lowest BCUT2D eigenvalue weighted by atomic mass is 10.1. The van der Waals surface area contributed by atoms with Crippen LogP contribution in [0.25, 0.3) is 11.0 Å². The second kappa shape index (κ2) is 4.94. The van der Waals surface area contributed by atoms with E-state index in [0.717, 1.165) is 27.7 Å². The zero-order valence-electron chi connectivity index (χ0n) is 11.5. The number of benzene rings is 2. The molecule has 0 amide bonds. The van der Waals surface area contributed by atoms with Gasteiger partial charge in [-0.15, -0.1) is 0 Å². The molecule has 0 aliphatic carbocycles. The summed E-state index contributed by atoms with van der Waals surface area (Å²) < 4.78 is 3.20. The van der Waals surface area contributed by atoms with Gasteiger partial charge in [0.15, 0.2) is 0 Å². The molecule has 0 spiro atoms. The number of nitrogen functional groups attached to an aromatic ring is 1. The molecule has 2 N–H and O–H groups in total. The zero-order valence-corrected chi connectivity index (χ0v) is 13.1. The highest BCUT2D eigenvalue weighted by molar-refractivity contribution is 9.10. The van der Waals surface area contributed by atoms with Gasteiger partial charge in [0.1, 0.15) is 0 Å². The molecule has 0 unspecified atom stereocenters. The van der Waals surface area contributed by atoms with Gasteiger partial charge in [-0.05, 0) is 54.8 Å². The molecule has 0 saturated carbocycles. The number of hydrogen-bond donors (Lipinski definition) is 1. The second-order valence-electron chi connectivity index (χ2n) is 5.15. The predicted molar refractivity (Wildman–Crippen MR) is 86.9 cm³/mol. The van der Waals surface area contributed by atoms with Crippen LogP contribution in [0.2, 0.25) is 0 Å². The lowest BCUT2D eigenvalue weighted by molar-refractivity contribution is 0.821. The van der Waals surface area contributed by atoms with Crippen LogP contribution in [-0.4, -0.2) is 9.55 Å². The van der Waals surface area contributed by atoms with Crippen molar-refractivity contribution >= 4 is 32.7 Å². The fraction of sp³-hybridized carbons (Fsp3) is 0.188. The number of halogens is 1. The Morgan fingerprint density at radius 2 is 1.90 bits per heavy atom. The van der Waals surface area contributed by atoms with Crippen LogP contribution in [0.1, 0.15) is 16.7 Å². The molecule has 0 bridgehead atoms. The van der Waals surface area contributed by atoms with Gasteiger partial charge >= 0.3 is 0 Å². The Labute approximate surface area is 126 Å². The SMILES string of the molecule is Cc1cc2ncn(Cc3ccc(N)cc3Br)c2cc1C. The molecule has 3 rings (SSSR count). The van der Waals surface area contributed by atoms with Crippen LogP contribution in [0.5, 0.6) is 0 Å². The van der Waals surface area contributed by atoms with Crippen LogP contribution in [0.4, 0.5) is 5.69 Å². The maximum atomic E-state index is 5.78. The molecule has 20 heavy (non-hydrogen) atoms. The van der Waals surface area contributed by atoms with Crippen molar-refractivity contribution in [3.8, 4) is 0 Å². The average molecular weight is 330 g/mol. The summed E-state index contributed by atoms with van der Waals surface area (Å²) in [5.41, 5.74) is 12.5. The first-order chi connectivity index (χ1) is 9.54. The lowest BCUT2D eigenvalue weighted by Crippen LogP contribution is -2.00. The lowest BCUT2D eigenvalue weighted by Gasteiger charge is -2.08. The summed E-state index contributed by atoms with van der Waals surface area (Å²) in [6.45, 7) is 5.02. The molecule has 0 radical (unpaired) electrons. The van der Waals surface area contributed by atoms with Crippen molar-refractivity contribution in [3.63, 3.8) is 0 Å². The number of nitrogens with zero attached hydrogens (tertiary/aromatic N) is 2.